The minimum Gasteiger partial charge on any atom is -0.377 e. The highest BCUT2D eigenvalue weighted by Gasteiger charge is 2.16. The van der Waals surface area contributed by atoms with E-state index in [0.717, 1.165) is 30.5 Å². The number of carbonyl (C=O) groups is 1. The fourth-order valence-electron chi connectivity index (χ4n) is 4.74. The Morgan fingerprint density at radius 2 is 1.91 bits per heavy atom. The third-order valence-corrected chi connectivity index (χ3v) is 6.98. The standard InChI is InChI=1S/C27H32ClN3O3/c1-3-34-17-19-13-20(7-6-12-31-10-4-5-11-31)18(2)22(14-19)16-25(32)21-8-9-23-24(15-21)27(33)30-29-26(23)28/h8-9,13-15H,3-7,10-12,16-17H2,1-2H3,(H,30,33). The second kappa shape index (κ2) is 11.3. The third kappa shape index (κ3) is 5.74. The molecule has 7 heteroatoms. The molecule has 0 amide bonds. The van der Waals surface area contributed by atoms with E-state index in [9.17, 15) is 9.59 Å². The summed E-state index contributed by atoms with van der Waals surface area (Å²) < 4.78 is 5.67. The van der Waals surface area contributed by atoms with Gasteiger partial charge in [0.25, 0.3) is 5.56 Å². The van der Waals surface area contributed by atoms with Crippen LogP contribution in [-0.2, 0) is 24.2 Å². The molecule has 0 saturated carbocycles. The molecule has 0 bridgehead atoms. The lowest BCUT2D eigenvalue weighted by atomic mass is 9.91. The number of ether oxygens (including phenoxy) is 1. The van der Waals surface area contributed by atoms with Crippen molar-refractivity contribution in [3.63, 3.8) is 0 Å². The van der Waals surface area contributed by atoms with Crippen LogP contribution in [0.2, 0.25) is 5.15 Å². The number of hydrogen-bond acceptors (Lipinski definition) is 5. The summed E-state index contributed by atoms with van der Waals surface area (Å²) >= 11 is 6.09. The summed E-state index contributed by atoms with van der Waals surface area (Å²) in [6, 6.07) is 9.33. The van der Waals surface area contributed by atoms with Crippen molar-refractivity contribution in [2.24, 2.45) is 0 Å². The van der Waals surface area contributed by atoms with Crippen LogP contribution in [0.1, 0.15) is 58.8 Å². The van der Waals surface area contributed by atoms with Gasteiger partial charge in [-0.15, -0.1) is 0 Å². The van der Waals surface area contributed by atoms with Gasteiger partial charge in [0.15, 0.2) is 10.9 Å². The Labute approximate surface area is 205 Å². The first-order chi connectivity index (χ1) is 16.5. The number of fused-ring (bicyclic) bond motifs is 1. The highest BCUT2D eigenvalue weighted by atomic mass is 35.5. The average Bonchev–Trinajstić information content (AvgIpc) is 3.36. The second-order valence-electron chi connectivity index (χ2n) is 9.03. The van der Waals surface area contributed by atoms with Gasteiger partial charge in [-0.2, -0.15) is 5.10 Å². The van der Waals surface area contributed by atoms with Crippen molar-refractivity contribution in [3.8, 4) is 0 Å². The molecule has 2 heterocycles. The van der Waals surface area contributed by atoms with Crippen molar-refractivity contribution in [2.75, 3.05) is 26.2 Å². The molecule has 180 valence electrons. The molecule has 3 aromatic rings. The molecule has 0 atom stereocenters. The normalized spacial score (nSPS) is 14.2. The SMILES string of the molecule is CCOCc1cc(CCCN2CCCC2)c(C)c(CC(=O)c2ccc3c(Cl)n[nH]c(=O)c3c2)c1. The largest absolute Gasteiger partial charge is 0.377 e. The summed E-state index contributed by atoms with van der Waals surface area (Å²) in [4.78, 5) is 28.0. The molecule has 1 N–H and O–H groups in total. The summed E-state index contributed by atoms with van der Waals surface area (Å²) in [6.45, 7) is 8.81. The highest BCUT2D eigenvalue weighted by Crippen LogP contribution is 2.24. The minimum absolute atomic E-state index is 0.0334. The van der Waals surface area contributed by atoms with Crippen molar-refractivity contribution < 1.29 is 9.53 Å². The minimum atomic E-state index is -0.357. The maximum atomic E-state index is 13.2. The summed E-state index contributed by atoms with van der Waals surface area (Å²) in [5.74, 6) is -0.0334. The molecule has 0 spiro atoms. The van der Waals surface area contributed by atoms with Gasteiger partial charge in [0.1, 0.15) is 0 Å². The monoisotopic (exact) mass is 481 g/mol. The van der Waals surface area contributed by atoms with Crippen LogP contribution in [0.5, 0.6) is 0 Å². The van der Waals surface area contributed by atoms with Crippen LogP contribution < -0.4 is 5.56 Å². The fourth-order valence-corrected chi connectivity index (χ4v) is 4.95. The van der Waals surface area contributed by atoms with Gasteiger partial charge >= 0.3 is 0 Å². The molecule has 0 unspecified atom stereocenters. The molecule has 1 fully saturated rings. The zero-order valence-corrected chi connectivity index (χ0v) is 20.7. The smallest absolute Gasteiger partial charge is 0.272 e. The maximum absolute atomic E-state index is 13.2. The Kier molecular flexibility index (Phi) is 8.14. The fraction of sp³-hybridized carbons (Fsp3) is 0.444. The van der Waals surface area contributed by atoms with Gasteiger partial charge in [-0.05, 0) is 87.5 Å². The van der Waals surface area contributed by atoms with Crippen molar-refractivity contribution in [3.05, 3.63) is 73.7 Å². The van der Waals surface area contributed by atoms with Crippen molar-refractivity contribution in [2.45, 2.75) is 52.6 Å². The Morgan fingerprint density at radius 1 is 1.15 bits per heavy atom. The Morgan fingerprint density at radius 3 is 2.68 bits per heavy atom. The number of carbonyl (C=O) groups excluding carboxylic acids is 1. The zero-order valence-electron chi connectivity index (χ0n) is 20.0. The molecule has 1 saturated heterocycles. The van der Waals surface area contributed by atoms with Gasteiger partial charge in [-0.25, -0.2) is 5.10 Å². The number of benzene rings is 2. The number of aryl methyl sites for hydroxylation is 1. The predicted octanol–water partition coefficient (Wildman–Crippen LogP) is 4.88. The van der Waals surface area contributed by atoms with E-state index in [2.05, 4.69) is 34.2 Å². The van der Waals surface area contributed by atoms with Gasteiger partial charge in [-0.1, -0.05) is 35.9 Å². The summed E-state index contributed by atoms with van der Waals surface area (Å²) in [7, 11) is 0. The van der Waals surface area contributed by atoms with Crippen LogP contribution >= 0.6 is 11.6 Å². The quantitative estimate of drug-likeness (QED) is 0.418. The van der Waals surface area contributed by atoms with Crippen LogP contribution in [0.3, 0.4) is 0 Å². The Hall–Kier alpha value is -2.54. The van der Waals surface area contributed by atoms with Gasteiger partial charge in [-0.3, -0.25) is 9.59 Å². The van der Waals surface area contributed by atoms with Crippen LogP contribution in [0, 0.1) is 6.92 Å². The number of likely N-dealkylation sites (tertiary alicyclic amines) is 1. The lowest BCUT2D eigenvalue weighted by molar-refractivity contribution is 0.0992. The Bertz CT molecular complexity index is 1230. The van der Waals surface area contributed by atoms with Crippen molar-refractivity contribution in [1.29, 1.82) is 0 Å². The molecule has 34 heavy (non-hydrogen) atoms. The molecule has 2 aromatic carbocycles. The first kappa shape index (κ1) is 24.6. The van der Waals surface area contributed by atoms with E-state index in [1.165, 1.54) is 37.1 Å². The number of nitrogens with one attached hydrogen (secondary N) is 1. The maximum Gasteiger partial charge on any atom is 0.272 e. The molecule has 0 aliphatic carbocycles. The topological polar surface area (TPSA) is 75.3 Å². The summed E-state index contributed by atoms with van der Waals surface area (Å²) in [5, 5.41) is 7.28. The zero-order chi connectivity index (χ0) is 24.1. The number of halogens is 1. The van der Waals surface area contributed by atoms with Gasteiger partial charge < -0.3 is 9.64 Å². The van der Waals surface area contributed by atoms with E-state index in [0.29, 0.717) is 29.5 Å². The summed E-state index contributed by atoms with van der Waals surface area (Å²) in [5.41, 5.74) is 4.70. The highest BCUT2D eigenvalue weighted by molar-refractivity contribution is 6.34. The van der Waals surface area contributed by atoms with E-state index < -0.39 is 0 Å². The van der Waals surface area contributed by atoms with Gasteiger partial charge in [0.05, 0.1) is 12.0 Å². The van der Waals surface area contributed by atoms with E-state index in [-0.39, 0.29) is 22.9 Å². The lowest BCUT2D eigenvalue weighted by Crippen LogP contribution is -2.21. The third-order valence-electron chi connectivity index (χ3n) is 6.69. The average molecular weight is 482 g/mol. The first-order valence-electron chi connectivity index (χ1n) is 12.1. The molecule has 1 aromatic heterocycles. The molecule has 6 nitrogen and oxygen atoms in total. The molecule has 0 radical (unpaired) electrons. The number of H-pyrrole nitrogens is 1. The number of aromatic nitrogens is 2. The van der Waals surface area contributed by atoms with Crippen LogP contribution in [-0.4, -0.2) is 47.1 Å². The second-order valence-corrected chi connectivity index (χ2v) is 9.39. The van der Waals surface area contributed by atoms with Crippen molar-refractivity contribution >= 4 is 28.2 Å². The number of rotatable bonds is 10. The molecule has 4 rings (SSSR count). The van der Waals surface area contributed by atoms with Crippen molar-refractivity contribution in [1.82, 2.24) is 15.1 Å². The first-order valence-corrected chi connectivity index (χ1v) is 12.5. The number of ketones is 1. The number of nitrogens with zero attached hydrogens (tertiary/aromatic N) is 2. The van der Waals surface area contributed by atoms with E-state index in [1.807, 2.05) is 6.92 Å². The summed E-state index contributed by atoms with van der Waals surface area (Å²) in [6.07, 6.45) is 4.97. The number of hydrogen-bond donors (Lipinski definition) is 1. The molecule has 1 aliphatic rings. The Balaban J connectivity index is 1.56. The number of Topliss-reactive ketones (excluding diaryl/α,β-unsaturated/α-hetero) is 1. The molecule has 1 aliphatic heterocycles. The van der Waals surface area contributed by atoms with Crippen LogP contribution in [0.25, 0.3) is 10.8 Å². The van der Waals surface area contributed by atoms with E-state index >= 15 is 0 Å². The van der Waals surface area contributed by atoms with E-state index in [1.54, 1.807) is 18.2 Å². The van der Waals surface area contributed by atoms with E-state index in [4.69, 9.17) is 16.3 Å². The molecular weight excluding hydrogens is 450 g/mol. The number of aromatic amines is 1. The molecular formula is C27H32ClN3O3. The van der Waals surface area contributed by atoms with Gasteiger partial charge in [0.2, 0.25) is 0 Å². The van der Waals surface area contributed by atoms with Crippen LogP contribution in [0.4, 0.5) is 0 Å². The van der Waals surface area contributed by atoms with Crippen LogP contribution in [0.15, 0.2) is 35.1 Å². The predicted molar refractivity (Wildman–Crippen MR) is 136 cm³/mol. The lowest BCUT2D eigenvalue weighted by Gasteiger charge is -2.17. The van der Waals surface area contributed by atoms with Gasteiger partial charge in [0, 0.05) is 24.0 Å².